The van der Waals surface area contributed by atoms with Crippen LogP contribution in [-0.2, 0) is 18.3 Å². The number of hydrogen-bond acceptors (Lipinski definition) is 5. The molecule has 0 amide bonds. The Morgan fingerprint density at radius 2 is 2.23 bits per heavy atom. The molecule has 2 aromatic heterocycles. The molecule has 120 valence electrons. The van der Waals surface area contributed by atoms with Gasteiger partial charge in [-0.25, -0.2) is 9.78 Å². The number of H-pyrrole nitrogens is 1. The van der Waals surface area contributed by atoms with Crippen LogP contribution < -0.4 is 16.6 Å². The van der Waals surface area contributed by atoms with Gasteiger partial charge in [0.15, 0.2) is 11.2 Å². The molecule has 1 saturated heterocycles. The summed E-state index contributed by atoms with van der Waals surface area (Å²) in [5.41, 5.74) is 0.0941. The molecule has 0 aliphatic carbocycles. The quantitative estimate of drug-likeness (QED) is 0.751. The minimum Gasteiger partial charge on any atom is -0.385 e. The maximum atomic E-state index is 12.2. The Balaban J connectivity index is 2.12. The number of hydrogen-bond donors (Lipinski definition) is 2. The van der Waals surface area contributed by atoms with Gasteiger partial charge in [0.05, 0.1) is 6.04 Å². The van der Waals surface area contributed by atoms with E-state index in [2.05, 4.69) is 15.3 Å². The van der Waals surface area contributed by atoms with E-state index in [1.807, 2.05) is 7.05 Å². The maximum Gasteiger partial charge on any atom is 0.330 e. The van der Waals surface area contributed by atoms with Crippen LogP contribution in [0.25, 0.3) is 11.2 Å². The summed E-state index contributed by atoms with van der Waals surface area (Å²) in [4.78, 5) is 31.2. The molecule has 1 fully saturated rings. The highest BCUT2D eigenvalue weighted by Crippen LogP contribution is 2.23. The Bertz CT molecular complexity index is 782. The topological polar surface area (TPSA) is 93.9 Å². The molecule has 8 heteroatoms. The minimum atomic E-state index is -0.419. The van der Waals surface area contributed by atoms with E-state index in [0.29, 0.717) is 30.7 Å². The molecule has 1 unspecified atom stereocenters. The fourth-order valence-corrected chi connectivity index (χ4v) is 3.05. The summed E-state index contributed by atoms with van der Waals surface area (Å²) in [5.74, 6) is 0.809. The predicted molar refractivity (Wildman–Crippen MR) is 82.1 cm³/mol. The molecule has 0 aromatic carbocycles. The van der Waals surface area contributed by atoms with Crippen molar-refractivity contribution in [3.8, 4) is 0 Å². The number of fused-ring (bicyclic) bond motifs is 1. The van der Waals surface area contributed by atoms with Gasteiger partial charge < -0.3 is 14.6 Å². The van der Waals surface area contributed by atoms with Gasteiger partial charge in [-0.05, 0) is 25.8 Å². The molecule has 1 aliphatic rings. The SMILES string of the molecule is COCCCn1c(=O)[nH]c(=O)c2c1nc(C1CCCN1)n2C. The molecule has 2 N–H and O–H groups in total. The molecule has 0 saturated carbocycles. The Labute approximate surface area is 127 Å². The van der Waals surface area contributed by atoms with Crippen LogP contribution >= 0.6 is 0 Å². The third-order valence-electron chi connectivity index (χ3n) is 4.15. The van der Waals surface area contributed by atoms with E-state index >= 15 is 0 Å². The van der Waals surface area contributed by atoms with Crippen molar-refractivity contribution in [2.45, 2.75) is 31.8 Å². The van der Waals surface area contributed by atoms with E-state index in [1.165, 1.54) is 4.57 Å². The summed E-state index contributed by atoms with van der Waals surface area (Å²) in [7, 11) is 3.44. The Kier molecular flexibility index (Phi) is 4.12. The molecular weight excluding hydrogens is 286 g/mol. The van der Waals surface area contributed by atoms with Crippen LogP contribution in [0, 0.1) is 0 Å². The Hall–Kier alpha value is -1.93. The van der Waals surface area contributed by atoms with Gasteiger partial charge in [0.1, 0.15) is 5.82 Å². The zero-order valence-corrected chi connectivity index (χ0v) is 12.9. The van der Waals surface area contributed by atoms with E-state index in [-0.39, 0.29) is 11.6 Å². The second kappa shape index (κ2) is 6.05. The highest BCUT2D eigenvalue weighted by atomic mass is 16.5. The first kappa shape index (κ1) is 15.0. The molecule has 3 rings (SSSR count). The lowest BCUT2D eigenvalue weighted by atomic mass is 10.2. The summed E-state index contributed by atoms with van der Waals surface area (Å²) in [6.45, 7) is 1.97. The number of methoxy groups -OCH3 is 1. The van der Waals surface area contributed by atoms with Crippen LogP contribution in [0.15, 0.2) is 9.59 Å². The molecule has 2 aromatic rings. The largest absolute Gasteiger partial charge is 0.385 e. The van der Waals surface area contributed by atoms with E-state index < -0.39 is 5.69 Å². The van der Waals surface area contributed by atoms with Crippen molar-refractivity contribution >= 4 is 11.2 Å². The van der Waals surface area contributed by atoms with Crippen molar-refractivity contribution < 1.29 is 4.74 Å². The smallest absolute Gasteiger partial charge is 0.330 e. The summed E-state index contributed by atoms with van der Waals surface area (Å²) in [5, 5.41) is 3.38. The number of aryl methyl sites for hydroxylation is 2. The van der Waals surface area contributed by atoms with Crippen molar-refractivity contribution in [3.05, 3.63) is 26.7 Å². The molecule has 22 heavy (non-hydrogen) atoms. The second-order valence-corrected chi connectivity index (χ2v) is 5.61. The van der Waals surface area contributed by atoms with Crippen LogP contribution in [0.2, 0.25) is 0 Å². The molecule has 0 spiro atoms. The van der Waals surface area contributed by atoms with E-state index in [9.17, 15) is 9.59 Å². The molecule has 8 nitrogen and oxygen atoms in total. The van der Waals surface area contributed by atoms with Crippen LogP contribution in [0.1, 0.15) is 31.1 Å². The fourth-order valence-electron chi connectivity index (χ4n) is 3.05. The van der Waals surface area contributed by atoms with E-state index in [0.717, 1.165) is 25.2 Å². The first-order chi connectivity index (χ1) is 10.6. The van der Waals surface area contributed by atoms with Gasteiger partial charge in [0, 0.05) is 27.3 Å². The van der Waals surface area contributed by atoms with Gasteiger partial charge in [-0.1, -0.05) is 0 Å². The van der Waals surface area contributed by atoms with E-state index in [1.54, 1.807) is 11.7 Å². The predicted octanol–water partition coefficient (Wildman–Crippen LogP) is -0.116. The normalized spacial score (nSPS) is 18.4. The van der Waals surface area contributed by atoms with Crippen LogP contribution in [0.4, 0.5) is 0 Å². The van der Waals surface area contributed by atoms with E-state index in [4.69, 9.17) is 4.74 Å². The van der Waals surface area contributed by atoms with Gasteiger partial charge in [-0.15, -0.1) is 0 Å². The lowest BCUT2D eigenvalue weighted by Crippen LogP contribution is -2.31. The highest BCUT2D eigenvalue weighted by molar-refractivity contribution is 5.71. The van der Waals surface area contributed by atoms with Gasteiger partial charge in [0.25, 0.3) is 5.56 Å². The van der Waals surface area contributed by atoms with Crippen LogP contribution in [0.3, 0.4) is 0 Å². The van der Waals surface area contributed by atoms with Crippen molar-refractivity contribution in [3.63, 3.8) is 0 Å². The van der Waals surface area contributed by atoms with Gasteiger partial charge >= 0.3 is 5.69 Å². The maximum absolute atomic E-state index is 12.2. The number of nitrogens with zero attached hydrogens (tertiary/aromatic N) is 3. The first-order valence-corrected chi connectivity index (χ1v) is 7.55. The van der Waals surface area contributed by atoms with Crippen molar-refractivity contribution in [1.29, 1.82) is 0 Å². The monoisotopic (exact) mass is 307 g/mol. The zero-order chi connectivity index (χ0) is 15.7. The fraction of sp³-hybridized carbons (Fsp3) is 0.643. The molecule has 1 atom stereocenters. The summed E-state index contributed by atoms with van der Waals surface area (Å²) < 4.78 is 8.34. The molecular formula is C14H21N5O3. The highest BCUT2D eigenvalue weighted by Gasteiger charge is 2.24. The van der Waals surface area contributed by atoms with Gasteiger partial charge in [-0.3, -0.25) is 14.3 Å². The molecule has 3 heterocycles. The number of rotatable bonds is 5. The van der Waals surface area contributed by atoms with Crippen molar-refractivity contribution in [2.24, 2.45) is 7.05 Å². The standard InChI is InChI=1S/C14H21N5O3/c1-18-10-12(16-11(18)9-5-3-6-15-9)19(7-4-8-22-2)14(21)17-13(10)20/h9,15H,3-8H2,1-2H3,(H,17,20,21). The Morgan fingerprint density at radius 3 is 2.91 bits per heavy atom. The number of aromatic nitrogens is 4. The zero-order valence-electron chi connectivity index (χ0n) is 12.9. The average molecular weight is 307 g/mol. The third-order valence-corrected chi connectivity index (χ3v) is 4.15. The number of imidazole rings is 1. The summed E-state index contributed by atoms with van der Waals surface area (Å²) in [6, 6.07) is 0.138. The number of aromatic amines is 1. The molecule has 1 aliphatic heterocycles. The van der Waals surface area contributed by atoms with Crippen molar-refractivity contribution in [2.75, 3.05) is 20.3 Å². The molecule has 0 radical (unpaired) electrons. The average Bonchev–Trinajstić information content (AvgIpc) is 3.10. The molecule has 0 bridgehead atoms. The Morgan fingerprint density at radius 1 is 1.41 bits per heavy atom. The third kappa shape index (κ3) is 2.48. The lowest BCUT2D eigenvalue weighted by molar-refractivity contribution is 0.190. The summed E-state index contributed by atoms with van der Waals surface area (Å²) >= 11 is 0. The van der Waals surface area contributed by atoms with Crippen molar-refractivity contribution in [1.82, 2.24) is 24.4 Å². The van der Waals surface area contributed by atoms with Crippen LogP contribution in [0.5, 0.6) is 0 Å². The van der Waals surface area contributed by atoms with Gasteiger partial charge in [-0.2, -0.15) is 0 Å². The second-order valence-electron chi connectivity index (χ2n) is 5.61. The lowest BCUT2D eigenvalue weighted by Gasteiger charge is -2.09. The number of nitrogens with one attached hydrogen (secondary N) is 2. The first-order valence-electron chi connectivity index (χ1n) is 7.55. The number of ether oxygens (including phenoxy) is 1. The summed E-state index contributed by atoms with van der Waals surface area (Å²) in [6.07, 6.45) is 2.76. The minimum absolute atomic E-state index is 0.138. The van der Waals surface area contributed by atoms with Gasteiger partial charge in [0.2, 0.25) is 0 Å². The van der Waals surface area contributed by atoms with Crippen LogP contribution in [-0.4, -0.2) is 39.4 Å².